The van der Waals surface area contributed by atoms with Crippen LogP contribution >= 0.6 is 0 Å². The first-order valence-electron chi connectivity index (χ1n) is 6.64. The van der Waals surface area contributed by atoms with Gasteiger partial charge in [0.15, 0.2) is 0 Å². The van der Waals surface area contributed by atoms with Crippen LogP contribution < -0.4 is 5.32 Å². The molecule has 1 N–H and O–H groups in total. The van der Waals surface area contributed by atoms with Crippen LogP contribution in [0.2, 0.25) is 0 Å². The number of nitrogens with one attached hydrogen (secondary N) is 1. The Morgan fingerprint density at radius 1 is 1.33 bits per heavy atom. The van der Waals surface area contributed by atoms with E-state index in [4.69, 9.17) is 0 Å². The number of hydrogen-bond donors (Lipinski definition) is 1. The van der Waals surface area contributed by atoms with Crippen LogP contribution in [-0.2, 0) is 13.1 Å². The molecule has 1 aliphatic heterocycles. The molecule has 3 heterocycles. The third-order valence-electron chi connectivity index (χ3n) is 3.54. The molecule has 0 bridgehead atoms. The van der Waals surface area contributed by atoms with Crippen molar-refractivity contribution in [2.24, 2.45) is 0 Å². The van der Waals surface area contributed by atoms with Gasteiger partial charge in [0, 0.05) is 31.2 Å². The Morgan fingerprint density at radius 2 is 2.33 bits per heavy atom. The van der Waals surface area contributed by atoms with Crippen molar-refractivity contribution in [1.29, 1.82) is 0 Å². The minimum absolute atomic E-state index is 0.471. The van der Waals surface area contributed by atoms with Crippen LogP contribution in [0, 0.1) is 0 Å². The lowest BCUT2D eigenvalue weighted by atomic mass is 10.0. The van der Waals surface area contributed by atoms with Gasteiger partial charge in [-0.15, -0.1) is 0 Å². The van der Waals surface area contributed by atoms with Crippen molar-refractivity contribution in [1.82, 2.24) is 24.6 Å². The highest BCUT2D eigenvalue weighted by Gasteiger charge is 2.18. The number of rotatable bonds is 4. The van der Waals surface area contributed by atoms with Crippen LogP contribution in [-0.4, -0.2) is 25.9 Å². The third kappa shape index (κ3) is 2.46. The van der Waals surface area contributed by atoms with Crippen LogP contribution in [0.25, 0.3) is 0 Å². The molecule has 0 spiro atoms. The first-order valence-corrected chi connectivity index (χ1v) is 6.64. The van der Waals surface area contributed by atoms with Crippen molar-refractivity contribution in [2.45, 2.75) is 38.4 Å². The zero-order valence-electron chi connectivity index (χ0n) is 10.5. The summed E-state index contributed by atoms with van der Waals surface area (Å²) in [6, 6.07) is 2.43. The highest BCUT2D eigenvalue weighted by atomic mass is 15.3. The summed E-state index contributed by atoms with van der Waals surface area (Å²) >= 11 is 0. The van der Waals surface area contributed by atoms with Gasteiger partial charge in [0.25, 0.3) is 0 Å². The van der Waals surface area contributed by atoms with Gasteiger partial charge >= 0.3 is 0 Å². The first-order chi connectivity index (χ1) is 8.93. The van der Waals surface area contributed by atoms with E-state index in [1.165, 1.54) is 25.0 Å². The molecule has 2 aromatic heterocycles. The summed E-state index contributed by atoms with van der Waals surface area (Å²) in [4.78, 5) is 4.29. The molecule has 0 aliphatic carbocycles. The normalized spacial score (nSPS) is 20.1. The smallest absolute Gasteiger partial charge is 0.0949 e. The van der Waals surface area contributed by atoms with Gasteiger partial charge in [-0.2, -0.15) is 5.10 Å². The number of aryl methyl sites for hydroxylation is 2. The van der Waals surface area contributed by atoms with Gasteiger partial charge in [-0.3, -0.25) is 4.68 Å². The molecule has 1 atom stereocenters. The second-order valence-corrected chi connectivity index (χ2v) is 4.78. The van der Waals surface area contributed by atoms with Crippen molar-refractivity contribution in [3.63, 3.8) is 0 Å². The SMILES string of the molecule is c1cnn(CCn2cncc2C2CCCCN2)c1. The fourth-order valence-electron chi connectivity index (χ4n) is 2.56. The maximum Gasteiger partial charge on any atom is 0.0949 e. The maximum atomic E-state index is 4.29. The molecule has 0 amide bonds. The molecule has 0 radical (unpaired) electrons. The van der Waals surface area contributed by atoms with E-state index in [9.17, 15) is 0 Å². The zero-order chi connectivity index (χ0) is 12.2. The standard InChI is InChI=1S/C13H19N5/c1-2-5-15-12(4-1)13-10-14-11-17(13)8-9-18-7-3-6-16-18/h3,6-7,10-12,15H,1-2,4-5,8-9H2. The summed E-state index contributed by atoms with van der Waals surface area (Å²) in [7, 11) is 0. The molecule has 1 aliphatic rings. The van der Waals surface area contributed by atoms with Gasteiger partial charge in [0.05, 0.1) is 18.6 Å². The fourth-order valence-corrected chi connectivity index (χ4v) is 2.56. The van der Waals surface area contributed by atoms with Gasteiger partial charge in [-0.1, -0.05) is 6.42 Å². The molecular weight excluding hydrogens is 226 g/mol. The summed E-state index contributed by atoms with van der Waals surface area (Å²) in [6.07, 6.45) is 11.5. The van der Waals surface area contributed by atoms with E-state index in [1.807, 2.05) is 35.7 Å². The van der Waals surface area contributed by atoms with E-state index < -0.39 is 0 Å². The summed E-state index contributed by atoms with van der Waals surface area (Å²) in [6.45, 7) is 2.94. The third-order valence-corrected chi connectivity index (χ3v) is 3.54. The highest BCUT2D eigenvalue weighted by Crippen LogP contribution is 2.22. The lowest BCUT2D eigenvalue weighted by molar-refractivity contribution is 0.388. The summed E-state index contributed by atoms with van der Waals surface area (Å²) in [5.74, 6) is 0. The van der Waals surface area contributed by atoms with E-state index in [0.717, 1.165) is 19.6 Å². The lowest BCUT2D eigenvalue weighted by Gasteiger charge is -2.24. The van der Waals surface area contributed by atoms with E-state index in [2.05, 4.69) is 20.0 Å². The average Bonchev–Trinajstić information content (AvgIpc) is 3.09. The second-order valence-electron chi connectivity index (χ2n) is 4.78. The number of aromatic nitrogens is 4. The van der Waals surface area contributed by atoms with Gasteiger partial charge in [-0.05, 0) is 25.5 Å². The molecular formula is C13H19N5. The quantitative estimate of drug-likeness (QED) is 0.890. The van der Waals surface area contributed by atoms with Crippen LogP contribution in [0.4, 0.5) is 0 Å². The average molecular weight is 245 g/mol. The molecule has 0 aromatic carbocycles. The predicted molar refractivity (Wildman–Crippen MR) is 69.0 cm³/mol. The second kappa shape index (κ2) is 5.35. The molecule has 5 nitrogen and oxygen atoms in total. The van der Waals surface area contributed by atoms with Crippen molar-refractivity contribution in [3.8, 4) is 0 Å². The Labute approximate surface area is 107 Å². The van der Waals surface area contributed by atoms with Crippen molar-refractivity contribution in [2.75, 3.05) is 6.54 Å². The zero-order valence-corrected chi connectivity index (χ0v) is 10.5. The Balaban J connectivity index is 1.67. The first kappa shape index (κ1) is 11.5. The number of hydrogen-bond acceptors (Lipinski definition) is 3. The number of imidazole rings is 1. The number of nitrogens with zero attached hydrogens (tertiary/aromatic N) is 4. The van der Waals surface area contributed by atoms with Crippen LogP contribution in [0.1, 0.15) is 31.0 Å². The van der Waals surface area contributed by atoms with Crippen LogP contribution in [0.3, 0.4) is 0 Å². The highest BCUT2D eigenvalue weighted by molar-refractivity contribution is 5.06. The summed E-state index contributed by atoms with van der Waals surface area (Å²) in [5, 5.41) is 7.80. The minimum Gasteiger partial charge on any atom is -0.331 e. The van der Waals surface area contributed by atoms with E-state index in [-0.39, 0.29) is 0 Å². The molecule has 2 aromatic rings. The lowest BCUT2D eigenvalue weighted by Crippen LogP contribution is -2.28. The Bertz CT molecular complexity index is 467. The summed E-state index contributed by atoms with van der Waals surface area (Å²) in [5.41, 5.74) is 1.31. The molecule has 1 fully saturated rings. The van der Waals surface area contributed by atoms with Gasteiger partial charge in [0.1, 0.15) is 0 Å². The van der Waals surface area contributed by atoms with Crippen LogP contribution in [0.5, 0.6) is 0 Å². The Kier molecular flexibility index (Phi) is 3.41. The molecule has 96 valence electrons. The molecule has 1 unspecified atom stereocenters. The molecule has 3 rings (SSSR count). The molecule has 18 heavy (non-hydrogen) atoms. The fraction of sp³-hybridized carbons (Fsp3) is 0.538. The van der Waals surface area contributed by atoms with Crippen molar-refractivity contribution in [3.05, 3.63) is 36.7 Å². The van der Waals surface area contributed by atoms with Crippen molar-refractivity contribution >= 4 is 0 Å². The van der Waals surface area contributed by atoms with Gasteiger partial charge in [0.2, 0.25) is 0 Å². The topological polar surface area (TPSA) is 47.7 Å². The number of piperidine rings is 1. The summed E-state index contributed by atoms with van der Waals surface area (Å²) < 4.78 is 4.20. The molecule has 0 saturated carbocycles. The molecule has 1 saturated heterocycles. The van der Waals surface area contributed by atoms with Crippen molar-refractivity contribution < 1.29 is 0 Å². The Hall–Kier alpha value is -1.62. The molecule has 5 heteroatoms. The largest absolute Gasteiger partial charge is 0.331 e. The van der Waals surface area contributed by atoms with Gasteiger partial charge < -0.3 is 9.88 Å². The predicted octanol–water partition coefficient (Wildman–Crippen LogP) is 1.59. The van der Waals surface area contributed by atoms with Gasteiger partial charge in [-0.25, -0.2) is 4.98 Å². The maximum absolute atomic E-state index is 4.29. The van der Waals surface area contributed by atoms with E-state index in [0.29, 0.717) is 6.04 Å². The monoisotopic (exact) mass is 245 g/mol. The van der Waals surface area contributed by atoms with E-state index >= 15 is 0 Å². The Morgan fingerprint density at radius 3 is 3.11 bits per heavy atom. The van der Waals surface area contributed by atoms with E-state index in [1.54, 1.807) is 0 Å². The minimum atomic E-state index is 0.471. The van der Waals surface area contributed by atoms with Crippen LogP contribution in [0.15, 0.2) is 31.0 Å².